The van der Waals surface area contributed by atoms with E-state index in [1.807, 2.05) is 13.1 Å². The molecule has 25 heavy (non-hydrogen) atoms. The minimum atomic E-state index is -0.325. The second kappa shape index (κ2) is 7.77. The minimum Gasteiger partial charge on any atom is -0.339 e. The van der Waals surface area contributed by atoms with Gasteiger partial charge in [-0.3, -0.25) is 4.98 Å². The Kier molecular flexibility index (Phi) is 5.67. The summed E-state index contributed by atoms with van der Waals surface area (Å²) in [6, 6.07) is 10.5. The summed E-state index contributed by atoms with van der Waals surface area (Å²) in [5, 5.41) is 4.82. The van der Waals surface area contributed by atoms with Gasteiger partial charge in [-0.25, -0.2) is 4.98 Å². The summed E-state index contributed by atoms with van der Waals surface area (Å²) in [6.45, 7) is 6.49. The third-order valence-corrected chi connectivity index (χ3v) is 5.75. The van der Waals surface area contributed by atoms with Crippen molar-refractivity contribution < 1.29 is 0 Å². The maximum Gasteiger partial charge on any atom is 0.224 e. The molecule has 0 amide bonds. The predicted molar refractivity (Wildman–Crippen MR) is 111 cm³/mol. The van der Waals surface area contributed by atoms with Crippen molar-refractivity contribution in [3.63, 3.8) is 0 Å². The van der Waals surface area contributed by atoms with Gasteiger partial charge in [0.15, 0.2) is 0 Å². The van der Waals surface area contributed by atoms with Crippen molar-refractivity contribution in [3.05, 3.63) is 58.0 Å². The van der Waals surface area contributed by atoms with Crippen LogP contribution in [0.5, 0.6) is 0 Å². The van der Waals surface area contributed by atoms with Gasteiger partial charge in [-0.15, -0.1) is 0 Å². The highest BCUT2D eigenvalue weighted by molar-refractivity contribution is 9.10. The molecule has 4 nitrogen and oxygen atoms in total. The van der Waals surface area contributed by atoms with Crippen molar-refractivity contribution in [2.45, 2.75) is 6.92 Å². The summed E-state index contributed by atoms with van der Waals surface area (Å²) >= 11 is 9.37. The highest BCUT2D eigenvalue weighted by atomic mass is 79.9. The number of aryl methyl sites for hydroxylation is 1. The van der Waals surface area contributed by atoms with Crippen LogP contribution >= 0.6 is 35.5 Å². The Hall–Kier alpha value is -1.55. The molecule has 1 aromatic carbocycles. The van der Waals surface area contributed by atoms with Gasteiger partial charge in [0.05, 0.1) is 10.2 Å². The molecule has 128 valence electrons. The molecule has 1 N–H and O–H groups in total. The van der Waals surface area contributed by atoms with Gasteiger partial charge in [0, 0.05) is 23.6 Å². The minimum absolute atomic E-state index is 0.211. The maximum absolute atomic E-state index is 5.92. The first-order chi connectivity index (χ1) is 11.9. The zero-order valence-electron chi connectivity index (χ0n) is 14.1. The van der Waals surface area contributed by atoms with E-state index in [0.717, 1.165) is 27.0 Å². The second-order valence-electron chi connectivity index (χ2n) is 5.81. The van der Waals surface area contributed by atoms with Crippen LogP contribution in [0.2, 0.25) is 5.28 Å². The lowest BCUT2D eigenvalue weighted by Gasteiger charge is -2.17. The van der Waals surface area contributed by atoms with Crippen LogP contribution in [0.15, 0.2) is 47.2 Å². The zero-order chi connectivity index (χ0) is 18.0. The quantitative estimate of drug-likeness (QED) is 0.442. The number of benzene rings is 1. The van der Waals surface area contributed by atoms with E-state index in [0.29, 0.717) is 5.82 Å². The number of aromatic nitrogens is 3. The third-order valence-electron chi connectivity index (χ3n) is 3.65. The zero-order valence-corrected chi connectivity index (χ0v) is 17.3. The van der Waals surface area contributed by atoms with Crippen molar-refractivity contribution in [1.82, 2.24) is 15.0 Å². The number of hydrogen-bond acceptors (Lipinski definition) is 4. The number of hydrogen-bond donors (Lipinski definition) is 1. The van der Waals surface area contributed by atoms with Crippen molar-refractivity contribution >= 4 is 52.3 Å². The fourth-order valence-corrected chi connectivity index (χ4v) is 3.80. The summed E-state index contributed by atoms with van der Waals surface area (Å²) in [7, 11) is -0.325. The van der Waals surface area contributed by atoms with Gasteiger partial charge in [-0.2, -0.15) is 4.98 Å². The standard InChI is InChI=1S/C18H17BrClN4P/c1-11-4-6-14(21-9-11)12-5-7-15(16(8-12)25(2)3)23-17-13(19)10-22-18(20)24-17/h4-10H,1-3H3,(H,22,23,24). The first-order valence-corrected chi connectivity index (χ1v) is 11.0. The normalized spacial score (nSPS) is 11.0. The van der Waals surface area contributed by atoms with E-state index in [1.54, 1.807) is 6.20 Å². The highest BCUT2D eigenvalue weighted by Crippen LogP contribution is 2.33. The first-order valence-electron chi connectivity index (χ1n) is 7.63. The number of anilines is 2. The van der Waals surface area contributed by atoms with E-state index in [-0.39, 0.29) is 13.2 Å². The Morgan fingerprint density at radius 2 is 1.88 bits per heavy atom. The summed E-state index contributed by atoms with van der Waals surface area (Å²) in [4.78, 5) is 12.7. The molecule has 0 fully saturated rings. The van der Waals surface area contributed by atoms with Crippen LogP contribution in [0.25, 0.3) is 11.3 Å². The number of rotatable bonds is 4. The molecule has 0 bridgehead atoms. The molecular formula is C18H17BrClN4P. The van der Waals surface area contributed by atoms with Crippen LogP contribution in [0.4, 0.5) is 11.5 Å². The fraction of sp³-hybridized carbons (Fsp3) is 0.167. The van der Waals surface area contributed by atoms with Gasteiger partial charge < -0.3 is 5.32 Å². The van der Waals surface area contributed by atoms with E-state index in [4.69, 9.17) is 11.6 Å². The SMILES string of the molecule is Cc1ccc(-c2ccc(Nc3nc(Cl)ncc3Br)c(P(C)C)c2)nc1. The Balaban J connectivity index is 2.00. The lowest BCUT2D eigenvalue weighted by Crippen LogP contribution is -2.09. The molecule has 0 aliphatic rings. The van der Waals surface area contributed by atoms with Crippen LogP contribution in [-0.4, -0.2) is 28.3 Å². The van der Waals surface area contributed by atoms with E-state index < -0.39 is 0 Å². The van der Waals surface area contributed by atoms with Gasteiger partial charge >= 0.3 is 0 Å². The number of pyridine rings is 1. The largest absolute Gasteiger partial charge is 0.339 e. The maximum atomic E-state index is 5.92. The molecular weight excluding hydrogens is 419 g/mol. The molecule has 0 saturated heterocycles. The second-order valence-corrected chi connectivity index (χ2v) is 9.27. The number of nitrogens with zero attached hydrogens (tertiary/aromatic N) is 3. The van der Waals surface area contributed by atoms with Gasteiger partial charge in [0.2, 0.25) is 5.28 Å². The van der Waals surface area contributed by atoms with Crippen molar-refractivity contribution in [3.8, 4) is 11.3 Å². The summed E-state index contributed by atoms with van der Waals surface area (Å²) in [6.07, 6.45) is 3.53. The smallest absolute Gasteiger partial charge is 0.224 e. The van der Waals surface area contributed by atoms with Crippen molar-refractivity contribution in [2.75, 3.05) is 18.6 Å². The number of nitrogens with one attached hydrogen (secondary N) is 1. The van der Waals surface area contributed by atoms with E-state index in [9.17, 15) is 0 Å². The molecule has 3 rings (SSSR count). The lowest BCUT2D eigenvalue weighted by atomic mass is 10.1. The predicted octanol–water partition coefficient (Wildman–Crippen LogP) is 5.37. The van der Waals surface area contributed by atoms with Gasteiger partial charge in [0.25, 0.3) is 0 Å². The topological polar surface area (TPSA) is 50.7 Å². The van der Waals surface area contributed by atoms with E-state index in [1.165, 1.54) is 5.30 Å². The first kappa shape index (κ1) is 18.2. The summed E-state index contributed by atoms with van der Waals surface area (Å²) in [5.41, 5.74) is 4.25. The van der Waals surface area contributed by atoms with Gasteiger partial charge in [0.1, 0.15) is 5.82 Å². The van der Waals surface area contributed by atoms with Crippen LogP contribution in [-0.2, 0) is 0 Å². The highest BCUT2D eigenvalue weighted by Gasteiger charge is 2.12. The Morgan fingerprint density at radius 3 is 2.56 bits per heavy atom. The molecule has 0 atom stereocenters. The van der Waals surface area contributed by atoms with Crippen LogP contribution < -0.4 is 10.6 Å². The lowest BCUT2D eigenvalue weighted by molar-refractivity contribution is 1.15. The molecule has 7 heteroatoms. The molecule has 3 aromatic rings. The van der Waals surface area contributed by atoms with Gasteiger partial charge in [-0.05, 0) is 76.9 Å². The Morgan fingerprint density at radius 1 is 1.08 bits per heavy atom. The van der Waals surface area contributed by atoms with E-state index in [2.05, 4.69) is 79.9 Å². The van der Waals surface area contributed by atoms with Crippen molar-refractivity contribution in [1.29, 1.82) is 0 Å². The molecule has 0 aliphatic carbocycles. The fourth-order valence-electron chi connectivity index (χ4n) is 2.37. The average molecular weight is 436 g/mol. The number of halogens is 2. The summed E-state index contributed by atoms with van der Waals surface area (Å²) < 4.78 is 0.767. The molecule has 2 aromatic heterocycles. The molecule has 0 radical (unpaired) electrons. The van der Waals surface area contributed by atoms with Crippen LogP contribution in [0.1, 0.15) is 5.56 Å². The molecule has 2 heterocycles. The molecule has 0 saturated carbocycles. The molecule has 0 unspecified atom stereocenters. The van der Waals surface area contributed by atoms with Gasteiger partial charge in [-0.1, -0.05) is 20.1 Å². The summed E-state index contributed by atoms with van der Waals surface area (Å²) in [5.74, 6) is 0.652. The Bertz CT molecular complexity index is 900. The van der Waals surface area contributed by atoms with Crippen LogP contribution in [0.3, 0.4) is 0 Å². The third kappa shape index (κ3) is 4.35. The van der Waals surface area contributed by atoms with Crippen molar-refractivity contribution in [2.24, 2.45) is 0 Å². The monoisotopic (exact) mass is 434 g/mol. The molecule has 0 spiro atoms. The average Bonchev–Trinajstić information content (AvgIpc) is 2.59. The molecule has 0 aliphatic heterocycles. The Labute approximate surface area is 162 Å². The van der Waals surface area contributed by atoms with Crippen LogP contribution in [0, 0.1) is 6.92 Å². The van der Waals surface area contributed by atoms with E-state index >= 15 is 0 Å².